The highest BCUT2D eigenvalue weighted by Gasteiger charge is 2.20. The average molecular weight is 310 g/mol. The predicted molar refractivity (Wildman–Crippen MR) is 94.6 cm³/mol. The number of aromatic nitrogens is 2. The summed E-state index contributed by atoms with van der Waals surface area (Å²) in [4.78, 5) is 11.7. The molecule has 3 rings (SSSR count). The van der Waals surface area contributed by atoms with Crippen LogP contribution in [0, 0.1) is 20.8 Å². The molecule has 0 bridgehead atoms. The lowest BCUT2D eigenvalue weighted by Crippen LogP contribution is -2.42. The first-order valence-corrected chi connectivity index (χ1v) is 8.46. The van der Waals surface area contributed by atoms with Gasteiger partial charge in [0.05, 0.1) is 0 Å². The SMILES string of the molecule is Cc1nc(NC2CCCN(Cc3ccccc3)C2)nc(C)c1C. The van der Waals surface area contributed by atoms with Crippen molar-refractivity contribution in [1.82, 2.24) is 14.9 Å². The topological polar surface area (TPSA) is 41.1 Å². The number of nitrogens with one attached hydrogen (secondary N) is 1. The molecule has 1 aromatic heterocycles. The molecular formula is C19H26N4. The molecule has 23 heavy (non-hydrogen) atoms. The van der Waals surface area contributed by atoms with Crippen LogP contribution in [0.5, 0.6) is 0 Å². The van der Waals surface area contributed by atoms with E-state index in [0.29, 0.717) is 6.04 Å². The van der Waals surface area contributed by atoms with Gasteiger partial charge in [-0.2, -0.15) is 0 Å². The van der Waals surface area contributed by atoms with Crippen molar-refractivity contribution in [2.75, 3.05) is 18.4 Å². The Bertz CT molecular complexity index is 631. The number of likely N-dealkylation sites (tertiary alicyclic amines) is 1. The van der Waals surface area contributed by atoms with E-state index in [0.717, 1.165) is 30.4 Å². The number of hydrogen-bond acceptors (Lipinski definition) is 4. The van der Waals surface area contributed by atoms with Crippen LogP contribution in [-0.4, -0.2) is 34.0 Å². The second kappa shape index (κ2) is 7.09. The van der Waals surface area contributed by atoms with Crippen LogP contribution in [0.15, 0.2) is 30.3 Å². The molecule has 1 fully saturated rings. The van der Waals surface area contributed by atoms with Crippen LogP contribution in [0.3, 0.4) is 0 Å². The minimum atomic E-state index is 0.425. The molecule has 2 aromatic rings. The third-order valence-corrected chi connectivity index (χ3v) is 4.72. The molecule has 0 spiro atoms. The summed E-state index contributed by atoms with van der Waals surface area (Å²) in [5, 5.41) is 3.54. The Morgan fingerprint density at radius 3 is 2.48 bits per heavy atom. The van der Waals surface area contributed by atoms with Crippen molar-refractivity contribution in [2.24, 2.45) is 0 Å². The highest BCUT2D eigenvalue weighted by Crippen LogP contribution is 2.18. The van der Waals surface area contributed by atoms with Gasteiger partial charge in [0.15, 0.2) is 0 Å². The number of rotatable bonds is 4. The van der Waals surface area contributed by atoms with Crippen LogP contribution in [0.25, 0.3) is 0 Å². The summed E-state index contributed by atoms with van der Waals surface area (Å²) in [6.45, 7) is 9.42. The Labute approximate surface area is 139 Å². The number of piperidine rings is 1. The molecule has 4 heteroatoms. The van der Waals surface area contributed by atoms with E-state index in [1.54, 1.807) is 0 Å². The van der Waals surface area contributed by atoms with Gasteiger partial charge >= 0.3 is 0 Å². The van der Waals surface area contributed by atoms with Gasteiger partial charge in [-0.25, -0.2) is 9.97 Å². The fraction of sp³-hybridized carbons (Fsp3) is 0.474. The number of hydrogen-bond donors (Lipinski definition) is 1. The van der Waals surface area contributed by atoms with Crippen molar-refractivity contribution in [3.63, 3.8) is 0 Å². The Hall–Kier alpha value is -1.94. The second-order valence-electron chi connectivity index (χ2n) is 6.55. The Balaban J connectivity index is 1.62. The predicted octanol–water partition coefficient (Wildman–Crippen LogP) is 3.48. The molecule has 1 aromatic carbocycles. The van der Waals surface area contributed by atoms with Gasteiger partial charge in [-0.1, -0.05) is 30.3 Å². The van der Waals surface area contributed by atoms with Crippen LogP contribution in [0.1, 0.15) is 35.4 Å². The zero-order chi connectivity index (χ0) is 16.2. The van der Waals surface area contributed by atoms with E-state index in [4.69, 9.17) is 0 Å². The summed E-state index contributed by atoms with van der Waals surface area (Å²) in [6.07, 6.45) is 2.40. The maximum Gasteiger partial charge on any atom is 0.223 e. The standard InChI is InChI=1S/C19H26N4/c1-14-15(2)20-19(21-16(14)3)22-18-10-7-11-23(13-18)12-17-8-5-4-6-9-17/h4-6,8-9,18H,7,10-13H2,1-3H3,(H,20,21,22). The van der Waals surface area contributed by atoms with Gasteiger partial charge in [0.2, 0.25) is 5.95 Å². The highest BCUT2D eigenvalue weighted by molar-refractivity contribution is 5.34. The molecule has 0 radical (unpaired) electrons. The number of nitrogens with zero attached hydrogens (tertiary/aromatic N) is 3. The third-order valence-electron chi connectivity index (χ3n) is 4.72. The fourth-order valence-electron chi connectivity index (χ4n) is 3.18. The molecule has 1 unspecified atom stereocenters. The van der Waals surface area contributed by atoms with Crippen LogP contribution in [-0.2, 0) is 6.54 Å². The summed E-state index contributed by atoms with van der Waals surface area (Å²) in [6, 6.07) is 11.1. The van der Waals surface area contributed by atoms with Crippen molar-refractivity contribution < 1.29 is 0 Å². The van der Waals surface area contributed by atoms with E-state index in [1.165, 1.54) is 30.5 Å². The first kappa shape index (κ1) is 15.9. The monoisotopic (exact) mass is 310 g/mol. The Kier molecular flexibility index (Phi) is 4.91. The summed E-state index contributed by atoms with van der Waals surface area (Å²) >= 11 is 0. The summed E-state index contributed by atoms with van der Waals surface area (Å²) in [5.74, 6) is 0.775. The summed E-state index contributed by atoms with van der Waals surface area (Å²) in [7, 11) is 0. The molecular weight excluding hydrogens is 284 g/mol. The Morgan fingerprint density at radius 2 is 1.78 bits per heavy atom. The van der Waals surface area contributed by atoms with Crippen LogP contribution < -0.4 is 5.32 Å². The van der Waals surface area contributed by atoms with Crippen molar-refractivity contribution in [1.29, 1.82) is 0 Å². The molecule has 122 valence electrons. The quantitative estimate of drug-likeness (QED) is 0.938. The van der Waals surface area contributed by atoms with E-state index in [9.17, 15) is 0 Å². The lowest BCUT2D eigenvalue weighted by Gasteiger charge is -2.33. The van der Waals surface area contributed by atoms with E-state index < -0.39 is 0 Å². The smallest absolute Gasteiger partial charge is 0.223 e. The van der Waals surface area contributed by atoms with E-state index in [-0.39, 0.29) is 0 Å². The minimum Gasteiger partial charge on any atom is -0.350 e. The molecule has 4 nitrogen and oxygen atoms in total. The van der Waals surface area contributed by atoms with Crippen LogP contribution in [0.2, 0.25) is 0 Å². The molecule has 1 aliphatic heterocycles. The van der Waals surface area contributed by atoms with E-state index in [2.05, 4.69) is 71.3 Å². The maximum atomic E-state index is 4.60. The molecule has 0 saturated carbocycles. The fourth-order valence-corrected chi connectivity index (χ4v) is 3.18. The first-order chi connectivity index (χ1) is 11.1. The van der Waals surface area contributed by atoms with Gasteiger partial charge in [0.25, 0.3) is 0 Å². The minimum absolute atomic E-state index is 0.425. The lowest BCUT2D eigenvalue weighted by atomic mass is 10.0. The normalized spacial score (nSPS) is 18.8. The maximum absolute atomic E-state index is 4.60. The number of benzene rings is 1. The van der Waals surface area contributed by atoms with Gasteiger partial charge in [-0.05, 0) is 51.3 Å². The van der Waals surface area contributed by atoms with Crippen LogP contribution >= 0.6 is 0 Å². The molecule has 1 atom stereocenters. The molecule has 0 amide bonds. The molecule has 2 heterocycles. The Morgan fingerprint density at radius 1 is 1.09 bits per heavy atom. The first-order valence-electron chi connectivity index (χ1n) is 8.46. The highest BCUT2D eigenvalue weighted by atomic mass is 15.2. The van der Waals surface area contributed by atoms with Crippen molar-refractivity contribution in [2.45, 2.75) is 46.2 Å². The largest absolute Gasteiger partial charge is 0.350 e. The summed E-state index contributed by atoms with van der Waals surface area (Å²) in [5.41, 5.74) is 4.70. The van der Waals surface area contributed by atoms with Crippen LogP contribution in [0.4, 0.5) is 5.95 Å². The van der Waals surface area contributed by atoms with Gasteiger partial charge in [0.1, 0.15) is 0 Å². The van der Waals surface area contributed by atoms with Crippen molar-refractivity contribution in [3.05, 3.63) is 52.8 Å². The lowest BCUT2D eigenvalue weighted by molar-refractivity contribution is 0.208. The zero-order valence-electron chi connectivity index (χ0n) is 14.3. The molecule has 1 aliphatic rings. The van der Waals surface area contributed by atoms with Gasteiger partial charge < -0.3 is 5.32 Å². The number of aryl methyl sites for hydroxylation is 2. The van der Waals surface area contributed by atoms with E-state index >= 15 is 0 Å². The number of anilines is 1. The van der Waals surface area contributed by atoms with Crippen molar-refractivity contribution >= 4 is 5.95 Å². The van der Waals surface area contributed by atoms with Gasteiger partial charge in [-0.15, -0.1) is 0 Å². The van der Waals surface area contributed by atoms with Crippen molar-refractivity contribution in [3.8, 4) is 0 Å². The zero-order valence-corrected chi connectivity index (χ0v) is 14.3. The molecule has 1 N–H and O–H groups in total. The second-order valence-corrected chi connectivity index (χ2v) is 6.55. The third kappa shape index (κ3) is 4.08. The van der Waals surface area contributed by atoms with Gasteiger partial charge in [-0.3, -0.25) is 4.90 Å². The molecule has 1 saturated heterocycles. The van der Waals surface area contributed by atoms with E-state index in [1.807, 2.05) is 0 Å². The average Bonchev–Trinajstić information content (AvgIpc) is 2.54. The van der Waals surface area contributed by atoms with Gasteiger partial charge in [0, 0.05) is 30.5 Å². The summed E-state index contributed by atoms with van der Waals surface area (Å²) < 4.78 is 0. The molecule has 0 aliphatic carbocycles.